The minimum Gasteiger partial charge on any atom is -0.352 e. The summed E-state index contributed by atoms with van der Waals surface area (Å²) in [6, 6.07) is 0. The molecule has 1 aliphatic rings. The van der Waals surface area contributed by atoms with Crippen LogP contribution in [0.1, 0.15) is 19.3 Å². The van der Waals surface area contributed by atoms with Crippen molar-refractivity contribution in [1.82, 2.24) is 15.1 Å². The van der Waals surface area contributed by atoms with Gasteiger partial charge in [0.25, 0.3) is 0 Å². The van der Waals surface area contributed by atoms with Crippen molar-refractivity contribution in [3.63, 3.8) is 0 Å². The van der Waals surface area contributed by atoms with Gasteiger partial charge < -0.3 is 10.2 Å². The first-order valence-electron chi connectivity index (χ1n) is 6.86. The Kier molecular flexibility index (Phi) is 6.98. The second kappa shape index (κ2) is 8.27. The molecule has 0 saturated carbocycles. The van der Waals surface area contributed by atoms with Crippen LogP contribution in [0.25, 0.3) is 0 Å². The number of hydrogen-bond acceptors (Lipinski definition) is 3. The second-order valence-corrected chi connectivity index (χ2v) is 5.40. The van der Waals surface area contributed by atoms with Crippen molar-refractivity contribution in [3.05, 3.63) is 12.7 Å². The number of likely N-dealkylation sites (tertiary alicyclic amines) is 1. The van der Waals surface area contributed by atoms with E-state index in [4.69, 9.17) is 0 Å². The minimum absolute atomic E-state index is 0.113. The first-order chi connectivity index (χ1) is 8.61. The summed E-state index contributed by atoms with van der Waals surface area (Å²) in [5, 5.41) is 2.83. The molecule has 1 saturated heterocycles. The van der Waals surface area contributed by atoms with Gasteiger partial charge in [0, 0.05) is 6.54 Å². The van der Waals surface area contributed by atoms with Gasteiger partial charge in [0.1, 0.15) is 0 Å². The van der Waals surface area contributed by atoms with Gasteiger partial charge in [-0.25, -0.2) is 0 Å². The SMILES string of the molecule is C=CCNC(=O)CN1CCC(CCN(C)C)CC1. The third kappa shape index (κ3) is 6.17. The molecule has 18 heavy (non-hydrogen) atoms. The van der Waals surface area contributed by atoms with Crippen LogP contribution in [0.5, 0.6) is 0 Å². The Hall–Kier alpha value is -0.870. The van der Waals surface area contributed by atoms with E-state index in [1.165, 1.54) is 25.8 Å². The number of piperidine rings is 1. The molecule has 1 fully saturated rings. The molecule has 1 amide bonds. The monoisotopic (exact) mass is 253 g/mol. The van der Waals surface area contributed by atoms with E-state index in [-0.39, 0.29) is 5.91 Å². The van der Waals surface area contributed by atoms with Gasteiger partial charge in [-0.3, -0.25) is 9.69 Å². The zero-order valence-corrected chi connectivity index (χ0v) is 11.8. The predicted molar refractivity (Wildman–Crippen MR) is 75.5 cm³/mol. The van der Waals surface area contributed by atoms with Gasteiger partial charge >= 0.3 is 0 Å². The van der Waals surface area contributed by atoms with Gasteiger partial charge in [-0.05, 0) is 58.9 Å². The summed E-state index contributed by atoms with van der Waals surface area (Å²) in [6.45, 7) is 7.98. The second-order valence-electron chi connectivity index (χ2n) is 5.40. The van der Waals surface area contributed by atoms with Crippen molar-refractivity contribution >= 4 is 5.91 Å². The van der Waals surface area contributed by atoms with E-state index in [9.17, 15) is 4.79 Å². The maximum absolute atomic E-state index is 11.6. The molecule has 0 aromatic heterocycles. The molecule has 1 aliphatic heterocycles. The van der Waals surface area contributed by atoms with Gasteiger partial charge in [0.15, 0.2) is 0 Å². The minimum atomic E-state index is 0.113. The highest BCUT2D eigenvalue weighted by molar-refractivity contribution is 5.78. The molecular weight excluding hydrogens is 226 g/mol. The third-order valence-corrected chi connectivity index (χ3v) is 3.50. The van der Waals surface area contributed by atoms with Crippen LogP contribution in [0.4, 0.5) is 0 Å². The van der Waals surface area contributed by atoms with Gasteiger partial charge in [0.2, 0.25) is 5.91 Å². The quantitative estimate of drug-likeness (QED) is 0.686. The number of carbonyl (C=O) groups excluding carboxylic acids is 1. The van der Waals surface area contributed by atoms with Gasteiger partial charge in [-0.2, -0.15) is 0 Å². The maximum Gasteiger partial charge on any atom is 0.234 e. The molecule has 0 spiro atoms. The zero-order chi connectivity index (χ0) is 13.4. The lowest BCUT2D eigenvalue weighted by atomic mass is 9.93. The first-order valence-corrected chi connectivity index (χ1v) is 6.86. The summed E-state index contributed by atoms with van der Waals surface area (Å²) in [6.07, 6.45) is 5.44. The van der Waals surface area contributed by atoms with E-state index in [1.54, 1.807) is 6.08 Å². The molecule has 0 aromatic carbocycles. The van der Waals surface area contributed by atoms with Crippen LogP contribution >= 0.6 is 0 Å². The summed E-state index contributed by atoms with van der Waals surface area (Å²) >= 11 is 0. The lowest BCUT2D eigenvalue weighted by molar-refractivity contribution is -0.122. The lowest BCUT2D eigenvalue weighted by Gasteiger charge is -2.31. The Morgan fingerprint density at radius 1 is 1.44 bits per heavy atom. The molecule has 0 aromatic rings. The topological polar surface area (TPSA) is 35.6 Å². The van der Waals surface area contributed by atoms with Crippen molar-refractivity contribution in [2.75, 3.05) is 46.8 Å². The normalized spacial score (nSPS) is 17.9. The molecular formula is C14H27N3O. The Balaban J connectivity index is 2.14. The molecule has 1 N–H and O–H groups in total. The van der Waals surface area contributed by atoms with Crippen LogP contribution in [-0.4, -0.2) is 62.5 Å². The smallest absolute Gasteiger partial charge is 0.234 e. The van der Waals surface area contributed by atoms with Gasteiger partial charge in [0.05, 0.1) is 6.54 Å². The van der Waals surface area contributed by atoms with E-state index >= 15 is 0 Å². The van der Waals surface area contributed by atoms with Crippen molar-refractivity contribution in [1.29, 1.82) is 0 Å². The van der Waals surface area contributed by atoms with Crippen LogP contribution in [-0.2, 0) is 4.79 Å². The van der Waals surface area contributed by atoms with Crippen LogP contribution in [0.3, 0.4) is 0 Å². The number of nitrogens with zero attached hydrogens (tertiary/aromatic N) is 2. The fourth-order valence-corrected chi connectivity index (χ4v) is 2.32. The average Bonchev–Trinajstić information content (AvgIpc) is 2.35. The lowest BCUT2D eigenvalue weighted by Crippen LogP contribution is -2.41. The van der Waals surface area contributed by atoms with E-state index < -0.39 is 0 Å². The molecule has 1 rings (SSSR count). The Morgan fingerprint density at radius 2 is 2.11 bits per heavy atom. The summed E-state index contributed by atoms with van der Waals surface area (Å²) in [7, 11) is 4.25. The highest BCUT2D eigenvalue weighted by atomic mass is 16.2. The third-order valence-electron chi connectivity index (χ3n) is 3.50. The Bertz CT molecular complexity index is 258. The number of amides is 1. The van der Waals surface area contributed by atoms with Crippen LogP contribution in [0, 0.1) is 5.92 Å². The molecule has 0 bridgehead atoms. The number of rotatable bonds is 7. The Morgan fingerprint density at radius 3 is 2.67 bits per heavy atom. The van der Waals surface area contributed by atoms with E-state index in [1.807, 2.05) is 0 Å². The largest absolute Gasteiger partial charge is 0.352 e. The molecule has 104 valence electrons. The molecule has 0 radical (unpaired) electrons. The number of nitrogens with one attached hydrogen (secondary N) is 1. The number of hydrogen-bond donors (Lipinski definition) is 1. The van der Waals surface area contributed by atoms with Crippen LogP contribution in [0.2, 0.25) is 0 Å². The highest BCUT2D eigenvalue weighted by Crippen LogP contribution is 2.20. The van der Waals surface area contributed by atoms with E-state index in [2.05, 4.69) is 35.8 Å². The summed E-state index contributed by atoms with van der Waals surface area (Å²) in [4.78, 5) is 16.1. The fourth-order valence-electron chi connectivity index (χ4n) is 2.32. The number of carbonyl (C=O) groups is 1. The Labute approximate surface area is 111 Å². The van der Waals surface area contributed by atoms with Crippen molar-refractivity contribution in [2.24, 2.45) is 5.92 Å². The van der Waals surface area contributed by atoms with E-state index in [0.717, 1.165) is 19.0 Å². The van der Waals surface area contributed by atoms with E-state index in [0.29, 0.717) is 13.1 Å². The molecule has 0 unspecified atom stereocenters. The van der Waals surface area contributed by atoms with Crippen LogP contribution < -0.4 is 5.32 Å². The molecule has 1 heterocycles. The molecule has 4 heteroatoms. The fraction of sp³-hybridized carbons (Fsp3) is 0.786. The van der Waals surface area contributed by atoms with Crippen molar-refractivity contribution < 1.29 is 4.79 Å². The average molecular weight is 253 g/mol. The van der Waals surface area contributed by atoms with Crippen LogP contribution in [0.15, 0.2) is 12.7 Å². The first kappa shape index (κ1) is 15.2. The molecule has 4 nitrogen and oxygen atoms in total. The van der Waals surface area contributed by atoms with Gasteiger partial charge in [-0.1, -0.05) is 6.08 Å². The molecule has 0 atom stereocenters. The summed E-state index contributed by atoms with van der Waals surface area (Å²) in [5.74, 6) is 0.946. The van der Waals surface area contributed by atoms with Gasteiger partial charge in [-0.15, -0.1) is 6.58 Å². The van der Waals surface area contributed by atoms with Crippen molar-refractivity contribution in [3.8, 4) is 0 Å². The maximum atomic E-state index is 11.6. The van der Waals surface area contributed by atoms with Crippen molar-refractivity contribution in [2.45, 2.75) is 19.3 Å². The summed E-state index contributed by atoms with van der Waals surface area (Å²) < 4.78 is 0. The molecule has 0 aliphatic carbocycles. The highest BCUT2D eigenvalue weighted by Gasteiger charge is 2.20. The summed E-state index contributed by atoms with van der Waals surface area (Å²) in [5.41, 5.74) is 0. The predicted octanol–water partition coefficient (Wildman–Crippen LogP) is 0.952. The zero-order valence-electron chi connectivity index (χ0n) is 11.8. The standard InChI is InChI=1S/C14H27N3O/c1-4-8-15-14(18)12-17-10-6-13(7-11-17)5-9-16(2)3/h4,13H,1,5-12H2,2-3H3,(H,15,18).